The van der Waals surface area contributed by atoms with Crippen LogP contribution < -0.4 is 10.2 Å². The van der Waals surface area contributed by atoms with Gasteiger partial charge in [0.05, 0.1) is 17.6 Å². The van der Waals surface area contributed by atoms with Gasteiger partial charge in [-0.3, -0.25) is 4.98 Å². The fourth-order valence-electron chi connectivity index (χ4n) is 2.41. The van der Waals surface area contributed by atoms with Crippen LogP contribution in [0.3, 0.4) is 0 Å². The predicted octanol–water partition coefficient (Wildman–Crippen LogP) is 4.01. The molecule has 0 aromatic carbocycles. The number of hydrogen-bond donors (Lipinski definition) is 1. The van der Waals surface area contributed by atoms with E-state index in [9.17, 15) is 0 Å². The van der Waals surface area contributed by atoms with Gasteiger partial charge in [0.25, 0.3) is 0 Å². The molecule has 0 aliphatic rings. The lowest BCUT2D eigenvalue weighted by molar-refractivity contribution is 0.418. The van der Waals surface area contributed by atoms with Crippen molar-refractivity contribution in [1.29, 1.82) is 0 Å². The highest BCUT2D eigenvalue weighted by molar-refractivity contribution is 5.44. The van der Waals surface area contributed by atoms with E-state index in [1.165, 1.54) is 5.69 Å². The Balaban J connectivity index is 2.72. The van der Waals surface area contributed by atoms with Gasteiger partial charge in [0.2, 0.25) is 0 Å². The van der Waals surface area contributed by atoms with Crippen molar-refractivity contribution in [3.63, 3.8) is 0 Å². The zero-order valence-electron chi connectivity index (χ0n) is 14.0. The number of hydrogen-bond acceptors (Lipinski definition) is 3. The van der Waals surface area contributed by atoms with Crippen LogP contribution in [0, 0.1) is 5.41 Å². The quantitative estimate of drug-likeness (QED) is 0.816. The molecule has 1 rings (SSSR count). The van der Waals surface area contributed by atoms with Crippen LogP contribution in [0.4, 0.5) is 5.69 Å². The number of anilines is 1. The van der Waals surface area contributed by atoms with E-state index in [0.717, 1.165) is 31.6 Å². The maximum absolute atomic E-state index is 4.65. The van der Waals surface area contributed by atoms with Gasteiger partial charge >= 0.3 is 0 Å². The van der Waals surface area contributed by atoms with Crippen LogP contribution in [0.15, 0.2) is 18.3 Å². The largest absolute Gasteiger partial charge is 0.373 e. The van der Waals surface area contributed by atoms with E-state index < -0.39 is 0 Å². The van der Waals surface area contributed by atoms with Gasteiger partial charge in [0, 0.05) is 19.6 Å². The lowest BCUT2D eigenvalue weighted by Gasteiger charge is -2.28. The number of rotatable bonds is 7. The third kappa shape index (κ3) is 5.49. The number of nitrogens with zero attached hydrogens (tertiary/aromatic N) is 2. The first-order valence-electron chi connectivity index (χ1n) is 7.78. The Bertz CT molecular complexity index is 378. The molecule has 20 heavy (non-hydrogen) atoms. The molecule has 0 radical (unpaired) electrons. The lowest BCUT2D eigenvalue weighted by Crippen LogP contribution is -2.29. The second-order valence-electron chi connectivity index (χ2n) is 6.77. The minimum Gasteiger partial charge on any atom is -0.373 e. The van der Waals surface area contributed by atoms with Crippen molar-refractivity contribution in [1.82, 2.24) is 10.3 Å². The molecule has 0 amide bonds. The van der Waals surface area contributed by atoms with Crippen molar-refractivity contribution in [3.05, 3.63) is 24.0 Å². The molecule has 3 nitrogen and oxygen atoms in total. The second-order valence-corrected chi connectivity index (χ2v) is 6.77. The minimum absolute atomic E-state index is 0.294. The summed E-state index contributed by atoms with van der Waals surface area (Å²) in [6.07, 6.45) is 4.23. The summed E-state index contributed by atoms with van der Waals surface area (Å²) in [6, 6.07) is 4.72. The minimum atomic E-state index is 0.294. The van der Waals surface area contributed by atoms with Crippen molar-refractivity contribution in [3.8, 4) is 0 Å². The average molecular weight is 277 g/mol. The summed E-state index contributed by atoms with van der Waals surface area (Å²) in [5.74, 6) is 0. The Hall–Kier alpha value is -1.09. The fraction of sp³-hybridized carbons (Fsp3) is 0.706. The molecule has 0 spiro atoms. The molecule has 1 unspecified atom stereocenters. The lowest BCUT2D eigenvalue weighted by atomic mass is 9.96. The Kier molecular flexibility index (Phi) is 6.47. The molecule has 0 bridgehead atoms. The van der Waals surface area contributed by atoms with Gasteiger partial charge in [-0.2, -0.15) is 0 Å². The average Bonchev–Trinajstić information content (AvgIpc) is 2.38. The summed E-state index contributed by atoms with van der Waals surface area (Å²) in [6.45, 7) is 13.2. The van der Waals surface area contributed by atoms with E-state index in [1.807, 2.05) is 6.20 Å². The van der Waals surface area contributed by atoms with E-state index in [2.05, 4.69) is 69.0 Å². The van der Waals surface area contributed by atoms with Gasteiger partial charge < -0.3 is 10.2 Å². The van der Waals surface area contributed by atoms with Gasteiger partial charge in [-0.25, -0.2) is 0 Å². The van der Waals surface area contributed by atoms with Gasteiger partial charge in [-0.15, -0.1) is 0 Å². The monoisotopic (exact) mass is 277 g/mol. The summed E-state index contributed by atoms with van der Waals surface area (Å²) in [4.78, 5) is 6.92. The molecule has 0 aliphatic heterocycles. The molecule has 1 aromatic rings. The Morgan fingerprint density at radius 3 is 2.40 bits per heavy atom. The number of aromatic nitrogens is 1. The van der Waals surface area contributed by atoms with Crippen molar-refractivity contribution in [2.24, 2.45) is 5.41 Å². The van der Waals surface area contributed by atoms with Crippen LogP contribution in [0.25, 0.3) is 0 Å². The predicted molar refractivity (Wildman–Crippen MR) is 88.3 cm³/mol. The maximum atomic E-state index is 4.65. The van der Waals surface area contributed by atoms with E-state index in [1.54, 1.807) is 0 Å². The van der Waals surface area contributed by atoms with E-state index in [-0.39, 0.29) is 0 Å². The van der Waals surface area contributed by atoms with E-state index in [4.69, 9.17) is 0 Å². The van der Waals surface area contributed by atoms with Crippen molar-refractivity contribution in [2.75, 3.05) is 25.0 Å². The molecule has 1 heterocycles. The molecular formula is C17H31N3. The Morgan fingerprint density at radius 2 is 1.95 bits per heavy atom. The zero-order valence-corrected chi connectivity index (χ0v) is 14.0. The van der Waals surface area contributed by atoms with E-state index in [0.29, 0.717) is 11.5 Å². The van der Waals surface area contributed by atoms with Crippen LogP contribution >= 0.6 is 0 Å². The van der Waals surface area contributed by atoms with Crippen molar-refractivity contribution >= 4 is 5.69 Å². The molecule has 114 valence electrons. The number of pyridine rings is 1. The van der Waals surface area contributed by atoms with Gasteiger partial charge in [0.1, 0.15) is 0 Å². The first kappa shape index (κ1) is 17.0. The molecule has 1 atom stereocenters. The van der Waals surface area contributed by atoms with Gasteiger partial charge in [-0.1, -0.05) is 34.6 Å². The summed E-state index contributed by atoms with van der Waals surface area (Å²) < 4.78 is 0. The topological polar surface area (TPSA) is 28.2 Å². The normalized spacial score (nSPS) is 13.3. The number of nitrogens with one attached hydrogen (secondary N) is 1. The Morgan fingerprint density at radius 1 is 1.25 bits per heavy atom. The highest BCUT2D eigenvalue weighted by atomic mass is 15.1. The maximum Gasteiger partial charge on any atom is 0.0574 e. The fourth-order valence-corrected chi connectivity index (χ4v) is 2.41. The molecule has 0 saturated carbocycles. The van der Waals surface area contributed by atoms with Gasteiger partial charge in [-0.05, 0) is 36.9 Å². The van der Waals surface area contributed by atoms with Crippen LogP contribution in [-0.4, -0.2) is 25.1 Å². The molecule has 3 heteroatoms. The third-order valence-electron chi connectivity index (χ3n) is 3.33. The first-order chi connectivity index (χ1) is 9.37. The van der Waals surface area contributed by atoms with Crippen LogP contribution in [0.1, 0.15) is 59.2 Å². The highest BCUT2D eigenvalue weighted by Crippen LogP contribution is 2.21. The van der Waals surface area contributed by atoms with Crippen LogP contribution in [0.2, 0.25) is 0 Å². The van der Waals surface area contributed by atoms with Crippen LogP contribution in [-0.2, 0) is 0 Å². The summed E-state index contributed by atoms with van der Waals surface area (Å²) in [5.41, 5.74) is 2.63. The SMILES string of the molecule is CCCNC(CC)c1ccc(N(C)CC(C)(C)C)cn1. The highest BCUT2D eigenvalue weighted by Gasteiger charge is 2.15. The molecule has 0 saturated heterocycles. The third-order valence-corrected chi connectivity index (χ3v) is 3.33. The molecule has 0 fully saturated rings. The summed E-state index contributed by atoms with van der Waals surface area (Å²) in [7, 11) is 2.13. The Labute approximate surface area is 124 Å². The standard InChI is InChI=1S/C17H31N3/c1-7-11-18-15(8-2)16-10-9-14(12-19-16)20(6)13-17(3,4)5/h9-10,12,15,18H,7-8,11,13H2,1-6H3. The van der Waals surface area contributed by atoms with Crippen molar-refractivity contribution < 1.29 is 0 Å². The molecule has 0 aliphatic carbocycles. The van der Waals surface area contributed by atoms with Gasteiger partial charge in [0.15, 0.2) is 0 Å². The smallest absolute Gasteiger partial charge is 0.0574 e. The molecular weight excluding hydrogens is 246 g/mol. The summed E-state index contributed by atoms with van der Waals surface area (Å²) in [5, 5.41) is 3.55. The molecule has 1 N–H and O–H groups in total. The zero-order chi connectivity index (χ0) is 15.2. The first-order valence-corrected chi connectivity index (χ1v) is 7.78. The van der Waals surface area contributed by atoms with Crippen molar-refractivity contribution in [2.45, 2.75) is 53.5 Å². The van der Waals surface area contributed by atoms with Crippen LogP contribution in [0.5, 0.6) is 0 Å². The van der Waals surface area contributed by atoms with E-state index >= 15 is 0 Å². The summed E-state index contributed by atoms with van der Waals surface area (Å²) >= 11 is 0. The second kappa shape index (κ2) is 7.63. The molecule has 1 aromatic heterocycles.